The van der Waals surface area contributed by atoms with Crippen LogP contribution in [-0.2, 0) is 24.7 Å². The monoisotopic (exact) mass is 483 g/mol. The maximum atomic E-state index is 13.3. The molecule has 0 aliphatic carbocycles. The molecule has 0 amide bonds. The number of aliphatic hydroxyl groups excluding tert-OH is 3. The van der Waals surface area contributed by atoms with Gasteiger partial charge in [0, 0.05) is 18.7 Å². The lowest BCUT2D eigenvalue weighted by atomic mass is 9.96. The van der Waals surface area contributed by atoms with Crippen LogP contribution in [0.5, 0.6) is 0 Å². The molecule has 1 aliphatic rings. The van der Waals surface area contributed by atoms with Crippen LogP contribution < -0.4 is 11.4 Å². The highest BCUT2D eigenvalue weighted by Crippen LogP contribution is 2.37. The predicted octanol–water partition coefficient (Wildman–Crippen LogP) is -0.964. The topological polar surface area (TPSA) is 166 Å². The van der Waals surface area contributed by atoms with Crippen LogP contribution in [0, 0.1) is 16.9 Å². The number of nitrogen functional groups attached to an aromatic ring is 1. The van der Waals surface area contributed by atoms with Crippen molar-refractivity contribution in [1.29, 1.82) is 0 Å². The first-order valence-corrected chi connectivity index (χ1v) is 13.9. The van der Waals surface area contributed by atoms with Crippen molar-refractivity contribution in [2.24, 2.45) is 5.41 Å². The molecule has 1 saturated heterocycles. The van der Waals surface area contributed by atoms with E-state index in [1.54, 1.807) is 13.8 Å². The summed E-state index contributed by atoms with van der Waals surface area (Å²) in [4.78, 5) is 29.9. The van der Waals surface area contributed by atoms with Gasteiger partial charge in [-0.05, 0) is 0 Å². The second-order valence-corrected chi connectivity index (χ2v) is 14.6. The van der Waals surface area contributed by atoms with Gasteiger partial charge in [-0.2, -0.15) is 4.98 Å². The summed E-state index contributed by atoms with van der Waals surface area (Å²) in [7, 11) is -0.338. The van der Waals surface area contributed by atoms with E-state index in [0.717, 1.165) is 6.20 Å². The lowest BCUT2D eigenvalue weighted by molar-refractivity contribution is -0.205. The molecular weight excluding hydrogens is 450 g/mol. The lowest BCUT2D eigenvalue weighted by Gasteiger charge is -2.33. The number of aliphatic hydroxyl groups is 3. The number of ether oxygens (including phenoxy) is 3. The number of nitrogens with zero attached hydrogens (tertiary/aromatic N) is 2. The van der Waals surface area contributed by atoms with E-state index in [2.05, 4.69) is 16.4 Å². The Morgan fingerprint density at radius 1 is 1.36 bits per heavy atom. The number of methoxy groups -OCH3 is 1. The molecule has 5 N–H and O–H groups in total. The molecule has 184 valence electrons. The van der Waals surface area contributed by atoms with Crippen LogP contribution in [-0.4, -0.2) is 84.2 Å². The second-order valence-electron chi connectivity index (χ2n) is 9.84. The molecule has 11 nitrogen and oxygen atoms in total. The number of anilines is 1. The number of esters is 1. The zero-order chi connectivity index (χ0) is 25.2. The summed E-state index contributed by atoms with van der Waals surface area (Å²) in [5.41, 5.74) is 4.97. The highest BCUT2D eigenvalue weighted by Gasteiger charge is 2.62. The minimum absolute atomic E-state index is 0.140. The van der Waals surface area contributed by atoms with Gasteiger partial charge in [-0.3, -0.25) is 4.57 Å². The third-order valence-electron chi connectivity index (χ3n) is 4.92. The summed E-state index contributed by atoms with van der Waals surface area (Å²) in [6, 6.07) is 0. The molecule has 0 bridgehead atoms. The molecule has 2 heterocycles. The molecule has 0 unspecified atom stereocenters. The molecule has 4 atom stereocenters. The molecule has 12 heteroatoms. The van der Waals surface area contributed by atoms with Gasteiger partial charge in [0.15, 0.2) is 0 Å². The van der Waals surface area contributed by atoms with E-state index in [-0.39, 0.29) is 24.6 Å². The van der Waals surface area contributed by atoms with E-state index in [0.29, 0.717) is 4.57 Å². The van der Waals surface area contributed by atoms with Crippen LogP contribution in [0.1, 0.15) is 19.4 Å². The van der Waals surface area contributed by atoms with Gasteiger partial charge in [0.25, 0.3) is 5.72 Å². The van der Waals surface area contributed by atoms with E-state index in [1.807, 2.05) is 19.6 Å². The van der Waals surface area contributed by atoms with Crippen LogP contribution in [0.3, 0.4) is 0 Å². The normalized spacial score (nSPS) is 25.4. The molecule has 0 saturated carbocycles. The van der Waals surface area contributed by atoms with Crippen molar-refractivity contribution in [3.63, 3.8) is 0 Å². The highest BCUT2D eigenvalue weighted by atomic mass is 28.3. The fourth-order valence-corrected chi connectivity index (χ4v) is 3.78. The van der Waals surface area contributed by atoms with Gasteiger partial charge in [-0.15, -0.1) is 5.54 Å². The largest absolute Gasteiger partial charge is 0.461 e. The third-order valence-corrected chi connectivity index (χ3v) is 5.80. The molecule has 33 heavy (non-hydrogen) atoms. The van der Waals surface area contributed by atoms with Gasteiger partial charge in [0.05, 0.1) is 25.4 Å². The molecule has 0 spiro atoms. The third kappa shape index (κ3) is 5.81. The summed E-state index contributed by atoms with van der Waals surface area (Å²) < 4.78 is 16.8. The van der Waals surface area contributed by atoms with E-state index >= 15 is 0 Å². The smallest absolute Gasteiger partial charge is 0.363 e. The average Bonchev–Trinajstić information content (AvgIpc) is 2.96. The summed E-state index contributed by atoms with van der Waals surface area (Å²) in [6.45, 7) is 8.99. The van der Waals surface area contributed by atoms with Crippen LogP contribution in [0.15, 0.2) is 11.0 Å². The quantitative estimate of drug-likeness (QED) is 0.215. The zero-order valence-corrected chi connectivity index (χ0v) is 20.8. The van der Waals surface area contributed by atoms with Crippen molar-refractivity contribution < 1.29 is 34.3 Å². The molecule has 0 aromatic carbocycles. The number of carbonyl (C=O) groups is 1. The minimum atomic E-state index is -2.51. The molecule has 0 radical (unpaired) electrons. The number of aromatic nitrogens is 2. The zero-order valence-electron chi connectivity index (χ0n) is 19.8. The van der Waals surface area contributed by atoms with Crippen molar-refractivity contribution in [2.75, 3.05) is 32.7 Å². The number of rotatable bonds is 7. The fourth-order valence-electron chi connectivity index (χ4n) is 3.27. The van der Waals surface area contributed by atoms with Gasteiger partial charge < -0.3 is 35.3 Å². The van der Waals surface area contributed by atoms with Crippen molar-refractivity contribution in [3.8, 4) is 11.5 Å². The molecule has 1 fully saturated rings. The first-order chi connectivity index (χ1) is 15.2. The molecule has 2 rings (SSSR count). The van der Waals surface area contributed by atoms with Crippen LogP contribution in [0.4, 0.5) is 5.82 Å². The predicted molar refractivity (Wildman–Crippen MR) is 122 cm³/mol. The van der Waals surface area contributed by atoms with Gasteiger partial charge >= 0.3 is 11.7 Å². The Morgan fingerprint density at radius 3 is 2.52 bits per heavy atom. The van der Waals surface area contributed by atoms with Crippen LogP contribution in [0.25, 0.3) is 0 Å². The van der Waals surface area contributed by atoms with Crippen molar-refractivity contribution in [2.45, 2.75) is 57.5 Å². The average molecular weight is 484 g/mol. The molecule has 1 aromatic heterocycles. The fraction of sp³-hybridized carbons (Fsp3) is 0.667. The Bertz CT molecular complexity index is 994. The standard InChI is InChI=1S/C21H33N3O8Si/c1-20(2,11-30-3)12-31-18(28)21(16(27)15(26)14(10-25)32-21)24-9-13(7-8-33(4,5)6)17(22)23-19(24)29/h9,14-16,25-27H,10-12H2,1-6H3,(H2,22,23,29)/t14-,15-,16-,21+/m1/s1. The first kappa shape index (κ1) is 27.0. The van der Waals surface area contributed by atoms with Crippen molar-refractivity contribution >= 4 is 19.9 Å². The van der Waals surface area contributed by atoms with Crippen molar-refractivity contribution in [1.82, 2.24) is 9.55 Å². The van der Waals surface area contributed by atoms with Gasteiger partial charge in [-0.1, -0.05) is 39.4 Å². The van der Waals surface area contributed by atoms with Gasteiger partial charge in [0.2, 0.25) is 0 Å². The van der Waals surface area contributed by atoms with E-state index in [1.165, 1.54) is 7.11 Å². The number of hydrogen-bond donors (Lipinski definition) is 4. The van der Waals surface area contributed by atoms with E-state index in [4.69, 9.17) is 19.9 Å². The van der Waals surface area contributed by atoms with Crippen molar-refractivity contribution in [3.05, 3.63) is 22.2 Å². The molecule has 1 aromatic rings. The molecular formula is C21H33N3O8Si. The van der Waals surface area contributed by atoms with Crippen LogP contribution >= 0.6 is 0 Å². The Morgan fingerprint density at radius 2 is 2.00 bits per heavy atom. The SMILES string of the molecule is COCC(C)(C)COC(=O)[C@@]1(n2cc(C#C[Si](C)(C)C)c(N)nc2=O)O[C@H](CO)[C@@H](O)[C@H]1O. The number of nitrogens with two attached hydrogens (primary N) is 1. The maximum Gasteiger partial charge on any atom is 0.363 e. The van der Waals surface area contributed by atoms with Gasteiger partial charge in [-0.25, -0.2) is 9.59 Å². The number of carbonyl (C=O) groups excluding carboxylic acids is 1. The molecule has 1 aliphatic heterocycles. The Labute approximate surface area is 193 Å². The lowest BCUT2D eigenvalue weighted by Crippen LogP contribution is -2.57. The summed E-state index contributed by atoms with van der Waals surface area (Å²) in [6.07, 6.45) is -3.85. The first-order valence-electron chi connectivity index (χ1n) is 10.4. The summed E-state index contributed by atoms with van der Waals surface area (Å²) in [5.74, 6) is 1.57. The second kappa shape index (κ2) is 9.92. The summed E-state index contributed by atoms with van der Waals surface area (Å²) >= 11 is 0. The van der Waals surface area contributed by atoms with Gasteiger partial charge in [0.1, 0.15) is 32.2 Å². The minimum Gasteiger partial charge on any atom is -0.461 e. The summed E-state index contributed by atoms with van der Waals surface area (Å²) in [5, 5.41) is 30.8. The van der Waals surface area contributed by atoms with E-state index < -0.39 is 55.8 Å². The number of hydrogen-bond acceptors (Lipinski definition) is 10. The Balaban J connectivity index is 2.64. The Kier molecular flexibility index (Phi) is 8.11. The van der Waals surface area contributed by atoms with Crippen LogP contribution in [0.2, 0.25) is 19.6 Å². The Hall–Kier alpha value is -2.27. The maximum absolute atomic E-state index is 13.3. The van der Waals surface area contributed by atoms with E-state index in [9.17, 15) is 24.9 Å². The highest BCUT2D eigenvalue weighted by molar-refractivity contribution is 6.83.